The molecule has 10 heteroatoms. The first-order valence-corrected chi connectivity index (χ1v) is 7.78. The zero-order chi connectivity index (χ0) is 21.1. The van der Waals surface area contributed by atoms with Crippen LogP contribution in [0.1, 0.15) is 34.5 Å². The molecule has 3 atom stereocenters. The molecule has 0 saturated heterocycles. The molecule has 1 aromatic heterocycles. The minimum atomic E-state index is -5.07. The number of hydrogen-bond donors (Lipinski definition) is 1. The number of aliphatic hydroxyl groups is 1. The summed E-state index contributed by atoms with van der Waals surface area (Å²) >= 11 is 0. The number of methoxy groups -OCH3 is 1. The first-order valence-electron chi connectivity index (χ1n) is 7.78. The first kappa shape index (κ1) is 21.7. The SMILES string of the molecule is COC(c1ccncc1)C(C#N)C(O)c1cc(C(F)(F)F)cc(C(F)(F)F)c1. The van der Waals surface area contributed by atoms with Gasteiger partial charge in [0, 0.05) is 19.5 Å². The highest BCUT2D eigenvalue weighted by Crippen LogP contribution is 2.40. The van der Waals surface area contributed by atoms with Crippen LogP contribution in [0.25, 0.3) is 0 Å². The number of nitrogens with zero attached hydrogens (tertiary/aromatic N) is 2. The van der Waals surface area contributed by atoms with E-state index in [0.29, 0.717) is 17.7 Å². The molecule has 3 unspecified atom stereocenters. The van der Waals surface area contributed by atoms with Crippen LogP contribution in [-0.2, 0) is 17.1 Å². The van der Waals surface area contributed by atoms with Crippen LogP contribution in [0.4, 0.5) is 26.3 Å². The molecule has 1 aromatic carbocycles. The van der Waals surface area contributed by atoms with E-state index < -0.39 is 47.2 Å². The molecule has 150 valence electrons. The van der Waals surface area contributed by atoms with Gasteiger partial charge < -0.3 is 9.84 Å². The van der Waals surface area contributed by atoms with Crippen LogP contribution >= 0.6 is 0 Å². The fourth-order valence-electron chi connectivity index (χ4n) is 2.70. The zero-order valence-corrected chi connectivity index (χ0v) is 14.3. The summed E-state index contributed by atoms with van der Waals surface area (Å²) < 4.78 is 83.3. The lowest BCUT2D eigenvalue weighted by Crippen LogP contribution is -2.22. The summed E-state index contributed by atoms with van der Waals surface area (Å²) in [6.45, 7) is 0. The number of nitriles is 1. The van der Waals surface area contributed by atoms with Gasteiger partial charge in [0.25, 0.3) is 0 Å². The lowest BCUT2D eigenvalue weighted by atomic mass is 9.87. The van der Waals surface area contributed by atoms with Gasteiger partial charge in [-0.2, -0.15) is 31.6 Å². The Morgan fingerprint density at radius 3 is 1.86 bits per heavy atom. The van der Waals surface area contributed by atoms with Gasteiger partial charge in [0.05, 0.1) is 23.3 Å². The molecule has 0 aliphatic carbocycles. The van der Waals surface area contributed by atoms with Crippen LogP contribution in [-0.4, -0.2) is 17.2 Å². The van der Waals surface area contributed by atoms with E-state index in [4.69, 9.17) is 4.74 Å². The molecule has 2 aromatic rings. The molecule has 0 aliphatic rings. The monoisotopic (exact) mass is 404 g/mol. The van der Waals surface area contributed by atoms with Gasteiger partial charge in [-0.1, -0.05) is 0 Å². The summed E-state index contributed by atoms with van der Waals surface area (Å²) in [5.74, 6) is -1.48. The molecule has 0 spiro atoms. The molecular formula is C18H14F6N2O2. The normalized spacial score (nSPS) is 15.5. The van der Waals surface area contributed by atoms with Crippen molar-refractivity contribution in [3.8, 4) is 6.07 Å². The second kappa shape index (κ2) is 8.16. The van der Waals surface area contributed by atoms with Crippen molar-refractivity contribution in [2.75, 3.05) is 7.11 Å². The van der Waals surface area contributed by atoms with Gasteiger partial charge in [0.2, 0.25) is 0 Å². The summed E-state index contributed by atoms with van der Waals surface area (Å²) in [4.78, 5) is 3.78. The van der Waals surface area contributed by atoms with E-state index in [1.807, 2.05) is 0 Å². The molecule has 0 amide bonds. The van der Waals surface area contributed by atoms with Gasteiger partial charge in [-0.3, -0.25) is 4.98 Å². The number of pyridine rings is 1. The number of aliphatic hydroxyl groups excluding tert-OH is 1. The molecule has 0 bridgehead atoms. The van der Waals surface area contributed by atoms with E-state index in [-0.39, 0.29) is 6.07 Å². The first-order chi connectivity index (χ1) is 13.0. The predicted molar refractivity (Wildman–Crippen MR) is 84.5 cm³/mol. The molecule has 1 heterocycles. The zero-order valence-electron chi connectivity index (χ0n) is 14.3. The predicted octanol–water partition coefficient (Wildman–Crippen LogP) is 4.68. The lowest BCUT2D eigenvalue weighted by Gasteiger charge is -2.26. The largest absolute Gasteiger partial charge is 0.416 e. The maximum Gasteiger partial charge on any atom is 0.416 e. The van der Waals surface area contributed by atoms with Crippen molar-refractivity contribution < 1.29 is 36.2 Å². The molecule has 0 fully saturated rings. The number of aromatic nitrogens is 1. The van der Waals surface area contributed by atoms with Crippen LogP contribution in [0.2, 0.25) is 0 Å². The quantitative estimate of drug-likeness (QED) is 0.735. The maximum absolute atomic E-state index is 13.0. The molecule has 0 radical (unpaired) electrons. The Kier molecular flexibility index (Phi) is 6.31. The van der Waals surface area contributed by atoms with Crippen molar-refractivity contribution in [3.05, 3.63) is 65.0 Å². The number of ether oxygens (including phenoxy) is 1. The summed E-state index contributed by atoms with van der Waals surface area (Å²) in [6.07, 6.45) is -10.5. The van der Waals surface area contributed by atoms with Crippen molar-refractivity contribution in [3.63, 3.8) is 0 Å². The summed E-state index contributed by atoms with van der Waals surface area (Å²) in [7, 11) is 1.20. The molecule has 1 N–H and O–H groups in total. The van der Waals surface area contributed by atoms with Gasteiger partial charge >= 0.3 is 12.4 Å². The van der Waals surface area contributed by atoms with Gasteiger partial charge in [-0.25, -0.2) is 0 Å². The van der Waals surface area contributed by atoms with Crippen molar-refractivity contribution in [1.82, 2.24) is 4.98 Å². The third-order valence-electron chi connectivity index (χ3n) is 4.06. The second-order valence-corrected chi connectivity index (χ2v) is 5.88. The Hall–Kier alpha value is -2.64. The average Bonchev–Trinajstić information content (AvgIpc) is 2.64. The lowest BCUT2D eigenvalue weighted by molar-refractivity contribution is -0.143. The summed E-state index contributed by atoms with van der Waals surface area (Å²) in [5.41, 5.74) is -3.46. The van der Waals surface area contributed by atoms with Crippen LogP contribution in [0.5, 0.6) is 0 Å². The number of hydrogen-bond acceptors (Lipinski definition) is 4. The molecule has 2 rings (SSSR count). The Morgan fingerprint density at radius 2 is 1.46 bits per heavy atom. The Bertz CT molecular complexity index is 814. The third kappa shape index (κ3) is 4.79. The number of alkyl halides is 6. The van der Waals surface area contributed by atoms with Gasteiger partial charge in [-0.05, 0) is 41.5 Å². The average molecular weight is 404 g/mol. The highest BCUT2D eigenvalue weighted by atomic mass is 19.4. The molecule has 0 aliphatic heterocycles. The topological polar surface area (TPSA) is 66.1 Å². The summed E-state index contributed by atoms with van der Waals surface area (Å²) in [6, 6.07) is 5.36. The Balaban J connectivity index is 2.53. The van der Waals surface area contributed by atoms with Crippen LogP contribution in [0, 0.1) is 17.2 Å². The van der Waals surface area contributed by atoms with Gasteiger partial charge in [-0.15, -0.1) is 0 Å². The molecule has 4 nitrogen and oxygen atoms in total. The molecule has 28 heavy (non-hydrogen) atoms. The van der Waals surface area contributed by atoms with Crippen molar-refractivity contribution >= 4 is 0 Å². The maximum atomic E-state index is 13.0. The van der Waals surface area contributed by atoms with Gasteiger partial charge in [0.15, 0.2) is 0 Å². The van der Waals surface area contributed by atoms with Crippen molar-refractivity contribution in [1.29, 1.82) is 5.26 Å². The highest BCUT2D eigenvalue weighted by molar-refractivity contribution is 5.36. The van der Waals surface area contributed by atoms with E-state index in [9.17, 15) is 36.7 Å². The number of rotatable bonds is 5. The molecular weight excluding hydrogens is 390 g/mol. The Morgan fingerprint density at radius 1 is 0.964 bits per heavy atom. The highest BCUT2D eigenvalue weighted by Gasteiger charge is 2.39. The van der Waals surface area contributed by atoms with E-state index in [1.54, 1.807) is 6.07 Å². The fraction of sp³-hybridized carbons (Fsp3) is 0.333. The summed E-state index contributed by atoms with van der Waals surface area (Å²) in [5, 5.41) is 19.9. The fourth-order valence-corrected chi connectivity index (χ4v) is 2.70. The smallest absolute Gasteiger partial charge is 0.387 e. The van der Waals surface area contributed by atoms with Crippen molar-refractivity contribution in [2.45, 2.75) is 24.6 Å². The minimum absolute atomic E-state index is 0.0474. The van der Waals surface area contributed by atoms with Crippen LogP contribution in [0.15, 0.2) is 42.7 Å². The minimum Gasteiger partial charge on any atom is -0.387 e. The third-order valence-corrected chi connectivity index (χ3v) is 4.06. The standard InChI is InChI=1S/C18H14F6N2O2/c1-28-16(10-2-4-26-5-3-10)14(9-25)15(27)11-6-12(17(19,20)21)8-13(7-11)18(22,23)24/h2-8,14-16,27H,1H3. The number of benzene rings is 1. The second-order valence-electron chi connectivity index (χ2n) is 5.88. The van der Waals surface area contributed by atoms with E-state index >= 15 is 0 Å². The van der Waals surface area contributed by atoms with Gasteiger partial charge in [0.1, 0.15) is 12.0 Å². The van der Waals surface area contributed by atoms with E-state index in [2.05, 4.69) is 4.98 Å². The van der Waals surface area contributed by atoms with Crippen LogP contribution < -0.4 is 0 Å². The Labute approximate surface area is 156 Å². The van der Waals surface area contributed by atoms with Crippen LogP contribution in [0.3, 0.4) is 0 Å². The van der Waals surface area contributed by atoms with E-state index in [0.717, 1.165) is 0 Å². The van der Waals surface area contributed by atoms with E-state index in [1.165, 1.54) is 31.6 Å². The molecule has 0 saturated carbocycles. The number of halogens is 6. The van der Waals surface area contributed by atoms with Crippen molar-refractivity contribution in [2.24, 2.45) is 5.92 Å².